The summed E-state index contributed by atoms with van der Waals surface area (Å²) in [5, 5.41) is 11.4. The Bertz CT molecular complexity index is 918. The van der Waals surface area contributed by atoms with Crippen LogP contribution in [0.3, 0.4) is 0 Å². The van der Waals surface area contributed by atoms with Crippen molar-refractivity contribution in [3.05, 3.63) is 58.8 Å². The Balaban J connectivity index is 1.90. The van der Waals surface area contributed by atoms with Gasteiger partial charge in [-0.15, -0.1) is 0 Å². The Kier molecular flexibility index (Phi) is 4.72. The smallest absolute Gasteiger partial charge is 0.216 e. The van der Waals surface area contributed by atoms with Crippen molar-refractivity contribution >= 4 is 24.5 Å². The first kappa shape index (κ1) is 15.9. The summed E-state index contributed by atoms with van der Waals surface area (Å²) in [5.74, 6) is 2.18. The van der Waals surface area contributed by atoms with Crippen molar-refractivity contribution in [3.63, 3.8) is 0 Å². The molecule has 0 aliphatic rings. The number of hydrogen-bond acceptors (Lipinski definition) is 5. The highest BCUT2D eigenvalue weighted by Crippen LogP contribution is 2.20. The third kappa shape index (κ3) is 3.52. The zero-order valence-corrected chi connectivity index (χ0v) is 14.1. The van der Waals surface area contributed by atoms with Crippen LogP contribution >= 0.6 is 12.2 Å². The zero-order chi connectivity index (χ0) is 16.9. The van der Waals surface area contributed by atoms with Gasteiger partial charge in [-0.1, -0.05) is 0 Å². The van der Waals surface area contributed by atoms with Crippen LogP contribution in [-0.4, -0.2) is 28.2 Å². The van der Waals surface area contributed by atoms with E-state index >= 15 is 0 Å². The molecule has 0 saturated heterocycles. The minimum atomic E-state index is 0.419. The fourth-order valence-corrected chi connectivity index (χ4v) is 2.29. The van der Waals surface area contributed by atoms with Gasteiger partial charge in [0.1, 0.15) is 11.5 Å². The van der Waals surface area contributed by atoms with Crippen LogP contribution in [0.1, 0.15) is 12.7 Å². The average Bonchev–Trinajstić information content (AvgIpc) is 3.23. The van der Waals surface area contributed by atoms with Crippen molar-refractivity contribution in [3.8, 4) is 17.1 Å². The molecule has 0 amide bonds. The number of aromatic nitrogens is 3. The van der Waals surface area contributed by atoms with Crippen molar-refractivity contribution in [1.82, 2.24) is 14.9 Å². The van der Waals surface area contributed by atoms with Crippen molar-refractivity contribution in [2.24, 2.45) is 5.10 Å². The number of hydrogen-bond donors (Lipinski definition) is 1. The lowest BCUT2D eigenvalue weighted by Crippen LogP contribution is -1.95. The van der Waals surface area contributed by atoms with Gasteiger partial charge < -0.3 is 9.15 Å². The van der Waals surface area contributed by atoms with Crippen LogP contribution in [0.15, 0.2) is 57.8 Å². The molecule has 122 valence electrons. The number of aromatic amines is 1. The lowest BCUT2D eigenvalue weighted by molar-refractivity contribution is 0.415. The molecule has 3 rings (SSSR count). The summed E-state index contributed by atoms with van der Waals surface area (Å²) >= 11 is 5.26. The second kappa shape index (κ2) is 7.10. The van der Waals surface area contributed by atoms with Gasteiger partial charge in [0.15, 0.2) is 5.82 Å². The summed E-state index contributed by atoms with van der Waals surface area (Å²) in [5.41, 5.74) is 1.81. The van der Waals surface area contributed by atoms with E-state index in [1.54, 1.807) is 24.3 Å². The Labute approximate surface area is 144 Å². The minimum absolute atomic E-state index is 0.419. The molecule has 0 unspecified atom stereocenters. The van der Waals surface area contributed by atoms with Crippen LogP contribution in [0.4, 0.5) is 0 Å². The number of ether oxygens (including phenoxy) is 1. The fourth-order valence-electron chi connectivity index (χ4n) is 2.11. The number of nitrogens with one attached hydrogen (secondary N) is 1. The average molecular weight is 340 g/mol. The van der Waals surface area contributed by atoms with E-state index in [1.165, 1.54) is 0 Å². The maximum absolute atomic E-state index is 5.28. The Morgan fingerprint density at radius 3 is 2.79 bits per heavy atom. The highest BCUT2D eigenvalue weighted by molar-refractivity contribution is 7.71. The van der Waals surface area contributed by atoms with Gasteiger partial charge in [-0.25, -0.2) is 5.10 Å². The molecule has 7 heteroatoms. The van der Waals surface area contributed by atoms with Gasteiger partial charge >= 0.3 is 0 Å². The third-order valence-corrected chi connectivity index (χ3v) is 3.55. The van der Waals surface area contributed by atoms with E-state index in [0.717, 1.165) is 22.6 Å². The van der Waals surface area contributed by atoms with Crippen LogP contribution in [0.25, 0.3) is 17.5 Å². The molecule has 3 aromatic rings. The van der Waals surface area contributed by atoms with Gasteiger partial charge in [0.05, 0.1) is 19.6 Å². The van der Waals surface area contributed by atoms with Gasteiger partial charge in [-0.3, -0.25) is 0 Å². The molecule has 0 radical (unpaired) electrons. The van der Waals surface area contributed by atoms with Gasteiger partial charge in [0.2, 0.25) is 4.77 Å². The molecule has 2 aromatic heterocycles. The van der Waals surface area contributed by atoms with Gasteiger partial charge in [-0.2, -0.15) is 14.9 Å². The molecule has 0 bridgehead atoms. The molecule has 0 atom stereocenters. The second-order valence-corrected chi connectivity index (χ2v) is 5.43. The maximum atomic E-state index is 5.28. The SMILES string of the molecule is COc1ccc(-c2n[nH]c(=S)n2N=C/C(C)=C/c2ccco2)cc1. The standard InChI is InChI=1S/C17H16N4O2S/c1-12(10-15-4-3-9-23-15)11-18-21-16(19-20-17(21)24)13-5-7-14(22-2)8-6-13/h3-11H,1-2H3,(H,20,24)/b12-10+,18-11?. The van der Waals surface area contributed by atoms with E-state index in [1.807, 2.05) is 49.4 Å². The molecule has 0 spiro atoms. The number of H-pyrrole nitrogens is 1. The number of benzene rings is 1. The molecular formula is C17H16N4O2S. The van der Waals surface area contributed by atoms with Gasteiger partial charge in [-0.05, 0) is 67.2 Å². The molecule has 0 saturated carbocycles. The number of rotatable bonds is 5. The maximum Gasteiger partial charge on any atom is 0.216 e. The third-order valence-electron chi connectivity index (χ3n) is 3.29. The largest absolute Gasteiger partial charge is 0.497 e. The molecule has 2 heterocycles. The first-order valence-electron chi connectivity index (χ1n) is 7.25. The molecule has 24 heavy (non-hydrogen) atoms. The Morgan fingerprint density at radius 1 is 1.33 bits per heavy atom. The van der Waals surface area contributed by atoms with Crippen molar-refractivity contribution < 1.29 is 9.15 Å². The lowest BCUT2D eigenvalue weighted by Gasteiger charge is -2.03. The summed E-state index contributed by atoms with van der Waals surface area (Å²) < 4.78 is 12.5. The molecule has 0 fully saturated rings. The van der Waals surface area contributed by atoms with Crippen molar-refractivity contribution in [2.75, 3.05) is 7.11 Å². The van der Waals surface area contributed by atoms with E-state index in [2.05, 4.69) is 15.3 Å². The van der Waals surface area contributed by atoms with Crippen molar-refractivity contribution in [2.45, 2.75) is 6.92 Å². The molecular weight excluding hydrogens is 324 g/mol. The first-order valence-corrected chi connectivity index (χ1v) is 7.66. The van der Waals surface area contributed by atoms with E-state index in [9.17, 15) is 0 Å². The summed E-state index contributed by atoms with van der Waals surface area (Å²) in [6.07, 6.45) is 5.23. The quantitative estimate of drug-likeness (QED) is 0.560. The highest BCUT2D eigenvalue weighted by atomic mass is 32.1. The predicted molar refractivity (Wildman–Crippen MR) is 95.6 cm³/mol. The van der Waals surface area contributed by atoms with E-state index < -0.39 is 0 Å². The second-order valence-electron chi connectivity index (χ2n) is 5.04. The van der Waals surface area contributed by atoms with E-state index in [-0.39, 0.29) is 0 Å². The van der Waals surface area contributed by atoms with Gasteiger partial charge in [0.25, 0.3) is 0 Å². The Morgan fingerprint density at radius 2 is 2.12 bits per heavy atom. The summed E-state index contributed by atoms with van der Waals surface area (Å²) in [7, 11) is 1.63. The van der Waals surface area contributed by atoms with E-state index in [4.69, 9.17) is 21.4 Å². The highest BCUT2D eigenvalue weighted by Gasteiger charge is 2.08. The molecule has 6 nitrogen and oxygen atoms in total. The summed E-state index contributed by atoms with van der Waals surface area (Å²) in [6.45, 7) is 1.93. The predicted octanol–water partition coefficient (Wildman–Crippen LogP) is 4.15. The number of nitrogens with zero attached hydrogens (tertiary/aromatic N) is 3. The number of methoxy groups -OCH3 is 1. The molecule has 0 aliphatic carbocycles. The summed E-state index contributed by atoms with van der Waals surface area (Å²) in [6, 6.07) is 11.3. The monoisotopic (exact) mass is 340 g/mol. The van der Waals surface area contributed by atoms with Gasteiger partial charge in [0, 0.05) is 5.56 Å². The number of allylic oxidation sites excluding steroid dienone is 1. The molecule has 0 aliphatic heterocycles. The number of furan rings is 1. The van der Waals surface area contributed by atoms with Crippen LogP contribution in [0, 0.1) is 4.77 Å². The minimum Gasteiger partial charge on any atom is -0.497 e. The van der Waals surface area contributed by atoms with E-state index in [0.29, 0.717) is 10.6 Å². The van der Waals surface area contributed by atoms with Crippen LogP contribution in [0.2, 0.25) is 0 Å². The van der Waals surface area contributed by atoms with Crippen LogP contribution in [0.5, 0.6) is 5.75 Å². The summed E-state index contributed by atoms with van der Waals surface area (Å²) in [4.78, 5) is 0. The molecule has 1 N–H and O–H groups in total. The molecule has 1 aromatic carbocycles. The topological polar surface area (TPSA) is 68.3 Å². The van der Waals surface area contributed by atoms with Crippen LogP contribution in [-0.2, 0) is 0 Å². The van der Waals surface area contributed by atoms with Crippen molar-refractivity contribution in [1.29, 1.82) is 0 Å². The zero-order valence-electron chi connectivity index (χ0n) is 13.3. The fraction of sp³-hybridized carbons (Fsp3) is 0.118. The lowest BCUT2D eigenvalue weighted by atomic mass is 10.2. The van der Waals surface area contributed by atoms with Crippen LogP contribution < -0.4 is 4.74 Å². The Hall–Kier alpha value is -2.93. The first-order chi connectivity index (χ1) is 11.7. The normalized spacial score (nSPS) is 12.0.